The Balaban J connectivity index is 2.14. The number of anilines is 1. The lowest BCUT2D eigenvalue weighted by Crippen LogP contribution is -2.40. The van der Waals surface area contributed by atoms with Gasteiger partial charge in [0.2, 0.25) is 0 Å². The summed E-state index contributed by atoms with van der Waals surface area (Å²) in [5.74, 6) is 0.768. The normalized spacial score (nSPS) is 20.1. The van der Waals surface area contributed by atoms with E-state index in [0.29, 0.717) is 11.7 Å². The van der Waals surface area contributed by atoms with Crippen LogP contribution in [0.15, 0.2) is 12.4 Å². The van der Waals surface area contributed by atoms with E-state index in [1.807, 2.05) is 13.0 Å². The molecule has 5 nitrogen and oxygen atoms in total. The zero-order valence-electron chi connectivity index (χ0n) is 13.3. The van der Waals surface area contributed by atoms with Crippen LogP contribution in [0.4, 0.5) is 5.82 Å². The zero-order chi connectivity index (χ0) is 15.2. The molecule has 116 valence electrons. The molecule has 1 aliphatic rings. The summed E-state index contributed by atoms with van der Waals surface area (Å²) in [5.41, 5.74) is 0.459. The van der Waals surface area contributed by atoms with Gasteiger partial charge in [0.15, 0.2) is 0 Å². The van der Waals surface area contributed by atoms with Gasteiger partial charge >= 0.3 is 0 Å². The van der Waals surface area contributed by atoms with Gasteiger partial charge in [0.05, 0.1) is 0 Å². The lowest BCUT2D eigenvalue weighted by molar-refractivity contribution is 0.0934. The largest absolute Gasteiger partial charge is 0.354 e. The minimum Gasteiger partial charge on any atom is -0.354 e. The number of nitrogens with one attached hydrogen (secondary N) is 1. The Morgan fingerprint density at radius 3 is 2.95 bits per heavy atom. The molecule has 2 unspecified atom stereocenters. The first-order valence-corrected chi connectivity index (χ1v) is 8.05. The summed E-state index contributed by atoms with van der Waals surface area (Å²) in [6, 6.07) is 2.51. The van der Waals surface area contributed by atoms with Gasteiger partial charge in [0.1, 0.15) is 17.8 Å². The van der Waals surface area contributed by atoms with E-state index in [9.17, 15) is 4.79 Å². The SMILES string of the molecule is CCC(C)NC(=O)c1cc(N2CCCCC2CC)ncn1. The van der Waals surface area contributed by atoms with Crippen LogP contribution in [0.25, 0.3) is 0 Å². The van der Waals surface area contributed by atoms with Gasteiger partial charge in [0.25, 0.3) is 5.91 Å². The van der Waals surface area contributed by atoms with E-state index in [-0.39, 0.29) is 11.9 Å². The fraction of sp³-hybridized carbons (Fsp3) is 0.688. The van der Waals surface area contributed by atoms with E-state index in [2.05, 4.69) is 34.0 Å². The quantitative estimate of drug-likeness (QED) is 0.906. The molecule has 2 heterocycles. The molecule has 0 aliphatic carbocycles. The van der Waals surface area contributed by atoms with Crippen molar-refractivity contribution in [2.75, 3.05) is 11.4 Å². The second-order valence-electron chi connectivity index (χ2n) is 5.80. The fourth-order valence-corrected chi connectivity index (χ4v) is 2.75. The standard InChI is InChI=1S/C16H26N4O/c1-4-12(3)19-16(21)14-10-15(18-11-17-14)20-9-7-6-8-13(20)5-2/h10-13H,4-9H2,1-3H3,(H,19,21). The first-order valence-electron chi connectivity index (χ1n) is 8.05. The predicted molar refractivity (Wildman–Crippen MR) is 84.5 cm³/mol. The molecule has 2 atom stereocenters. The number of nitrogens with zero attached hydrogens (tertiary/aromatic N) is 3. The highest BCUT2D eigenvalue weighted by atomic mass is 16.1. The van der Waals surface area contributed by atoms with Gasteiger partial charge in [-0.1, -0.05) is 13.8 Å². The number of aromatic nitrogens is 2. The van der Waals surface area contributed by atoms with Crippen LogP contribution in [-0.2, 0) is 0 Å². The van der Waals surface area contributed by atoms with Gasteiger partial charge in [-0.15, -0.1) is 0 Å². The third kappa shape index (κ3) is 3.93. The van der Waals surface area contributed by atoms with Crippen molar-refractivity contribution >= 4 is 11.7 Å². The van der Waals surface area contributed by atoms with Crippen molar-refractivity contribution in [3.63, 3.8) is 0 Å². The molecule has 21 heavy (non-hydrogen) atoms. The molecular formula is C16H26N4O. The second kappa shape index (κ2) is 7.38. The lowest BCUT2D eigenvalue weighted by Gasteiger charge is -2.36. The first-order chi connectivity index (χ1) is 10.2. The van der Waals surface area contributed by atoms with Crippen molar-refractivity contribution in [2.45, 2.75) is 65.0 Å². The molecule has 1 amide bonds. The van der Waals surface area contributed by atoms with Gasteiger partial charge in [-0.2, -0.15) is 0 Å². The Morgan fingerprint density at radius 2 is 2.24 bits per heavy atom. The Morgan fingerprint density at radius 1 is 1.43 bits per heavy atom. The molecule has 0 bridgehead atoms. The van der Waals surface area contributed by atoms with Gasteiger partial charge < -0.3 is 10.2 Å². The van der Waals surface area contributed by atoms with Crippen LogP contribution in [0.5, 0.6) is 0 Å². The summed E-state index contributed by atoms with van der Waals surface area (Å²) in [7, 11) is 0. The molecule has 1 fully saturated rings. The monoisotopic (exact) mass is 290 g/mol. The van der Waals surface area contributed by atoms with Crippen LogP contribution in [0.1, 0.15) is 63.4 Å². The van der Waals surface area contributed by atoms with Gasteiger partial charge in [-0.05, 0) is 39.0 Å². The highest BCUT2D eigenvalue weighted by Crippen LogP contribution is 2.24. The van der Waals surface area contributed by atoms with E-state index >= 15 is 0 Å². The van der Waals surface area contributed by atoms with Gasteiger partial charge in [-0.3, -0.25) is 4.79 Å². The molecule has 0 saturated carbocycles. The second-order valence-corrected chi connectivity index (χ2v) is 5.80. The summed E-state index contributed by atoms with van der Waals surface area (Å²) in [5, 5.41) is 2.95. The van der Waals surface area contributed by atoms with E-state index in [4.69, 9.17) is 0 Å². The van der Waals surface area contributed by atoms with Crippen molar-refractivity contribution < 1.29 is 4.79 Å². The maximum absolute atomic E-state index is 12.2. The molecule has 1 aliphatic heterocycles. The highest BCUT2D eigenvalue weighted by Gasteiger charge is 2.23. The number of carbonyl (C=O) groups excluding carboxylic acids is 1. The van der Waals surface area contributed by atoms with Crippen LogP contribution in [-0.4, -0.2) is 34.5 Å². The maximum Gasteiger partial charge on any atom is 0.270 e. The first kappa shape index (κ1) is 15.7. The minimum absolute atomic E-state index is 0.113. The van der Waals surface area contributed by atoms with E-state index in [0.717, 1.165) is 25.2 Å². The topological polar surface area (TPSA) is 58.1 Å². The number of piperidine rings is 1. The van der Waals surface area contributed by atoms with Crippen LogP contribution >= 0.6 is 0 Å². The number of rotatable bonds is 5. The van der Waals surface area contributed by atoms with Gasteiger partial charge in [0, 0.05) is 24.7 Å². The lowest BCUT2D eigenvalue weighted by atomic mass is 10.00. The molecule has 1 saturated heterocycles. The average molecular weight is 290 g/mol. The van der Waals surface area contributed by atoms with Crippen LogP contribution in [0, 0.1) is 0 Å². The number of carbonyl (C=O) groups is 1. The summed E-state index contributed by atoms with van der Waals surface area (Å²) < 4.78 is 0. The van der Waals surface area contributed by atoms with Crippen LogP contribution in [0.2, 0.25) is 0 Å². The molecule has 0 aromatic carbocycles. The summed E-state index contributed by atoms with van der Waals surface area (Å²) in [6.45, 7) is 7.27. The molecule has 0 spiro atoms. The summed E-state index contributed by atoms with van der Waals surface area (Å²) >= 11 is 0. The smallest absolute Gasteiger partial charge is 0.270 e. The average Bonchev–Trinajstić information content (AvgIpc) is 2.54. The van der Waals surface area contributed by atoms with E-state index in [1.165, 1.54) is 25.6 Å². The molecule has 1 aromatic heterocycles. The Kier molecular flexibility index (Phi) is 5.53. The van der Waals surface area contributed by atoms with Gasteiger partial charge in [-0.25, -0.2) is 9.97 Å². The Hall–Kier alpha value is -1.65. The molecule has 2 rings (SSSR count). The number of hydrogen-bond donors (Lipinski definition) is 1. The predicted octanol–water partition coefficient (Wildman–Crippen LogP) is 2.77. The van der Waals surface area contributed by atoms with Crippen molar-refractivity contribution in [3.05, 3.63) is 18.1 Å². The summed E-state index contributed by atoms with van der Waals surface area (Å²) in [6.07, 6.45) is 7.19. The van der Waals surface area contributed by atoms with E-state index < -0.39 is 0 Å². The van der Waals surface area contributed by atoms with Crippen LogP contribution in [0.3, 0.4) is 0 Å². The van der Waals surface area contributed by atoms with Crippen molar-refractivity contribution in [1.82, 2.24) is 15.3 Å². The zero-order valence-corrected chi connectivity index (χ0v) is 13.3. The van der Waals surface area contributed by atoms with Crippen molar-refractivity contribution in [3.8, 4) is 0 Å². The Labute approximate surface area is 127 Å². The number of amides is 1. The van der Waals surface area contributed by atoms with Crippen LogP contribution < -0.4 is 10.2 Å². The van der Waals surface area contributed by atoms with Crippen molar-refractivity contribution in [2.24, 2.45) is 0 Å². The van der Waals surface area contributed by atoms with E-state index in [1.54, 1.807) is 0 Å². The molecule has 0 radical (unpaired) electrons. The third-order valence-corrected chi connectivity index (χ3v) is 4.27. The molecule has 5 heteroatoms. The number of hydrogen-bond acceptors (Lipinski definition) is 4. The Bertz CT molecular complexity index is 477. The maximum atomic E-state index is 12.2. The molecule has 1 N–H and O–H groups in total. The summed E-state index contributed by atoms with van der Waals surface area (Å²) in [4.78, 5) is 23.0. The highest BCUT2D eigenvalue weighted by molar-refractivity contribution is 5.93. The molecular weight excluding hydrogens is 264 g/mol. The van der Waals surface area contributed by atoms with Crippen molar-refractivity contribution in [1.29, 1.82) is 0 Å². The molecule has 1 aromatic rings. The fourth-order valence-electron chi connectivity index (χ4n) is 2.75. The third-order valence-electron chi connectivity index (χ3n) is 4.27. The minimum atomic E-state index is -0.113.